The smallest absolute Gasteiger partial charge is 0.322 e. The Morgan fingerprint density at radius 2 is 1.87 bits per heavy atom. The van der Waals surface area contributed by atoms with Crippen molar-refractivity contribution in [1.82, 2.24) is 9.03 Å². The Hall–Kier alpha value is -1.49. The van der Waals surface area contributed by atoms with Crippen molar-refractivity contribution >= 4 is 26.0 Å². The molecule has 2 rings (SSSR count). The van der Waals surface area contributed by atoms with Gasteiger partial charge >= 0.3 is 5.97 Å². The summed E-state index contributed by atoms with van der Waals surface area (Å²) in [5.74, 6) is -1.67. The maximum atomic E-state index is 12.2. The number of sulfonamides is 2. The fourth-order valence-electron chi connectivity index (χ4n) is 2.43. The van der Waals surface area contributed by atoms with Crippen molar-refractivity contribution < 1.29 is 26.7 Å². The van der Waals surface area contributed by atoms with E-state index in [1.165, 1.54) is 12.1 Å². The quantitative estimate of drug-likeness (QED) is 0.695. The van der Waals surface area contributed by atoms with Crippen molar-refractivity contribution in [2.45, 2.75) is 23.8 Å². The van der Waals surface area contributed by atoms with Crippen molar-refractivity contribution in [3.05, 3.63) is 30.3 Å². The summed E-state index contributed by atoms with van der Waals surface area (Å²) in [6, 6.07) is 6.53. The number of carboxylic acid groups (broad SMARTS) is 1. The highest BCUT2D eigenvalue weighted by Gasteiger charge is 2.38. The molecular formula is C13H18N2O6S2. The molecule has 23 heavy (non-hydrogen) atoms. The van der Waals surface area contributed by atoms with Gasteiger partial charge in [-0.1, -0.05) is 18.2 Å². The second-order valence-corrected chi connectivity index (χ2v) is 8.94. The molecule has 2 N–H and O–H groups in total. The number of benzene rings is 1. The molecule has 0 aliphatic carbocycles. The van der Waals surface area contributed by atoms with Crippen LogP contribution in [0.5, 0.6) is 0 Å². The maximum absolute atomic E-state index is 12.2. The number of carboxylic acids is 1. The van der Waals surface area contributed by atoms with E-state index in [1.807, 2.05) is 0 Å². The van der Waals surface area contributed by atoms with Crippen molar-refractivity contribution in [1.29, 1.82) is 0 Å². The van der Waals surface area contributed by atoms with Crippen LogP contribution in [0, 0.1) is 0 Å². The third-order valence-corrected chi connectivity index (χ3v) is 6.90. The standard InChI is InChI=1S/C13H18N2O6S2/c16-13(17)12-7-4-9-15(12)22(18,19)10-8-14-23(20,21)11-5-2-1-3-6-11/h1-3,5-6,12,14H,4,7-10H2,(H,16,17)/t12-/m0/s1. The van der Waals surface area contributed by atoms with Gasteiger partial charge in [0.1, 0.15) is 6.04 Å². The van der Waals surface area contributed by atoms with E-state index in [0.29, 0.717) is 6.42 Å². The number of nitrogens with zero attached hydrogens (tertiary/aromatic N) is 1. The van der Waals surface area contributed by atoms with Gasteiger partial charge < -0.3 is 5.11 Å². The lowest BCUT2D eigenvalue weighted by atomic mass is 10.2. The van der Waals surface area contributed by atoms with E-state index in [1.54, 1.807) is 18.2 Å². The molecule has 1 aliphatic heterocycles. The molecule has 8 nitrogen and oxygen atoms in total. The van der Waals surface area contributed by atoms with Crippen LogP contribution in [0.15, 0.2) is 35.2 Å². The normalized spacial score (nSPS) is 19.7. The zero-order chi connectivity index (χ0) is 17.1. The molecule has 1 heterocycles. The van der Waals surface area contributed by atoms with Gasteiger partial charge in [-0.2, -0.15) is 4.31 Å². The Kier molecular flexibility index (Phi) is 5.40. The zero-order valence-corrected chi connectivity index (χ0v) is 13.9. The third kappa shape index (κ3) is 4.28. The summed E-state index contributed by atoms with van der Waals surface area (Å²) in [4.78, 5) is 11.1. The van der Waals surface area contributed by atoms with Gasteiger partial charge in [-0.05, 0) is 25.0 Å². The SMILES string of the molecule is O=C(O)[C@@H]1CCCN1S(=O)(=O)CCNS(=O)(=O)c1ccccc1. The first kappa shape index (κ1) is 17.9. The molecule has 1 saturated heterocycles. The minimum absolute atomic E-state index is 0.0435. The van der Waals surface area contributed by atoms with Gasteiger partial charge in [0, 0.05) is 13.1 Å². The van der Waals surface area contributed by atoms with Gasteiger partial charge in [0.2, 0.25) is 20.0 Å². The predicted octanol–water partition coefficient (Wildman–Crippen LogP) is -0.156. The molecule has 1 fully saturated rings. The van der Waals surface area contributed by atoms with E-state index in [2.05, 4.69) is 4.72 Å². The average Bonchev–Trinajstić information content (AvgIpc) is 2.98. The number of aliphatic carboxylic acids is 1. The summed E-state index contributed by atoms with van der Waals surface area (Å²) >= 11 is 0. The monoisotopic (exact) mass is 362 g/mol. The van der Waals surface area contributed by atoms with Gasteiger partial charge in [0.25, 0.3) is 0 Å². The van der Waals surface area contributed by atoms with Gasteiger partial charge in [0.05, 0.1) is 10.6 Å². The molecule has 0 spiro atoms. The summed E-state index contributed by atoms with van der Waals surface area (Å²) < 4.78 is 51.5. The Bertz CT molecular complexity index is 761. The van der Waals surface area contributed by atoms with E-state index in [9.17, 15) is 21.6 Å². The summed E-state index contributed by atoms with van der Waals surface area (Å²) in [6.07, 6.45) is 0.746. The minimum atomic E-state index is -3.83. The van der Waals surface area contributed by atoms with Crippen LogP contribution in [-0.4, -0.2) is 57.1 Å². The van der Waals surface area contributed by atoms with Crippen LogP contribution in [0.3, 0.4) is 0 Å². The van der Waals surface area contributed by atoms with Crippen LogP contribution in [0.4, 0.5) is 0 Å². The van der Waals surface area contributed by atoms with Crippen molar-refractivity contribution in [2.75, 3.05) is 18.8 Å². The van der Waals surface area contributed by atoms with Crippen molar-refractivity contribution in [3.63, 3.8) is 0 Å². The number of hydrogen-bond donors (Lipinski definition) is 2. The highest BCUT2D eigenvalue weighted by molar-refractivity contribution is 7.90. The average molecular weight is 362 g/mol. The lowest BCUT2D eigenvalue weighted by Crippen LogP contribution is -2.43. The van der Waals surface area contributed by atoms with Crippen LogP contribution < -0.4 is 4.72 Å². The van der Waals surface area contributed by atoms with Crippen LogP contribution in [0.1, 0.15) is 12.8 Å². The minimum Gasteiger partial charge on any atom is -0.480 e. The molecule has 1 aromatic rings. The van der Waals surface area contributed by atoms with Crippen LogP contribution >= 0.6 is 0 Å². The Morgan fingerprint density at radius 1 is 1.22 bits per heavy atom. The molecule has 0 saturated carbocycles. The van der Waals surface area contributed by atoms with Crippen molar-refractivity contribution in [2.24, 2.45) is 0 Å². The number of nitrogens with one attached hydrogen (secondary N) is 1. The highest BCUT2D eigenvalue weighted by Crippen LogP contribution is 2.21. The summed E-state index contributed by atoms with van der Waals surface area (Å²) in [5, 5.41) is 9.03. The first-order valence-corrected chi connectivity index (χ1v) is 10.1. The largest absolute Gasteiger partial charge is 0.480 e. The van der Waals surface area contributed by atoms with E-state index < -0.39 is 37.8 Å². The Labute approximate surface area is 135 Å². The molecule has 128 valence electrons. The maximum Gasteiger partial charge on any atom is 0.322 e. The van der Waals surface area contributed by atoms with Crippen LogP contribution in [0.2, 0.25) is 0 Å². The fraction of sp³-hybridized carbons (Fsp3) is 0.462. The summed E-state index contributed by atoms with van der Waals surface area (Å²) in [5.41, 5.74) is 0. The van der Waals surface area contributed by atoms with E-state index in [0.717, 1.165) is 4.31 Å². The van der Waals surface area contributed by atoms with E-state index >= 15 is 0 Å². The second-order valence-electron chi connectivity index (χ2n) is 5.13. The molecule has 1 aliphatic rings. The molecule has 0 bridgehead atoms. The first-order valence-electron chi connectivity index (χ1n) is 7.01. The Morgan fingerprint density at radius 3 is 2.48 bits per heavy atom. The van der Waals surface area contributed by atoms with Gasteiger partial charge in [-0.15, -0.1) is 0 Å². The highest BCUT2D eigenvalue weighted by atomic mass is 32.2. The van der Waals surface area contributed by atoms with Crippen molar-refractivity contribution in [3.8, 4) is 0 Å². The molecule has 0 radical (unpaired) electrons. The van der Waals surface area contributed by atoms with Crippen LogP contribution in [-0.2, 0) is 24.8 Å². The number of rotatable bonds is 7. The molecule has 0 unspecified atom stereocenters. The predicted molar refractivity (Wildman–Crippen MR) is 82.8 cm³/mol. The zero-order valence-electron chi connectivity index (χ0n) is 12.3. The summed E-state index contributed by atoms with van der Waals surface area (Å²) in [7, 11) is -7.62. The first-order chi connectivity index (χ1) is 10.7. The molecule has 1 aromatic carbocycles. The van der Waals surface area contributed by atoms with Crippen LogP contribution in [0.25, 0.3) is 0 Å². The lowest BCUT2D eigenvalue weighted by molar-refractivity contribution is -0.140. The third-order valence-electron chi connectivity index (χ3n) is 3.55. The van der Waals surface area contributed by atoms with Gasteiger partial charge in [-0.3, -0.25) is 4.79 Å². The second kappa shape index (κ2) is 6.95. The van der Waals surface area contributed by atoms with E-state index in [4.69, 9.17) is 5.11 Å². The number of hydrogen-bond acceptors (Lipinski definition) is 5. The number of carbonyl (C=O) groups is 1. The lowest BCUT2D eigenvalue weighted by Gasteiger charge is -2.20. The Balaban J connectivity index is 1.99. The van der Waals surface area contributed by atoms with Gasteiger partial charge in [0.15, 0.2) is 0 Å². The topological polar surface area (TPSA) is 121 Å². The van der Waals surface area contributed by atoms with E-state index in [-0.39, 0.29) is 24.4 Å². The molecule has 1 atom stereocenters. The summed E-state index contributed by atoms with van der Waals surface area (Å²) in [6.45, 7) is -0.173. The fourth-order valence-corrected chi connectivity index (χ4v) is 5.19. The van der Waals surface area contributed by atoms with Gasteiger partial charge in [-0.25, -0.2) is 21.6 Å². The molecule has 0 aromatic heterocycles. The molecule has 0 amide bonds. The molecular weight excluding hydrogens is 344 g/mol. The molecule has 10 heteroatoms.